The third kappa shape index (κ3) is 4.86. The first kappa shape index (κ1) is 23.6. The molecule has 0 saturated carbocycles. The van der Waals surface area contributed by atoms with Gasteiger partial charge in [0.05, 0.1) is 24.9 Å². The van der Waals surface area contributed by atoms with Crippen molar-refractivity contribution in [3.05, 3.63) is 58.6 Å². The van der Waals surface area contributed by atoms with E-state index in [9.17, 15) is 8.42 Å². The van der Waals surface area contributed by atoms with Gasteiger partial charge in [-0.05, 0) is 42.5 Å². The average molecular weight is 509 g/mol. The molecule has 4 rings (SSSR count). The molecule has 1 aliphatic rings. The Balaban J connectivity index is 1.46. The van der Waals surface area contributed by atoms with Crippen molar-refractivity contribution in [1.29, 1.82) is 0 Å². The van der Waals surface area contributed by atoms with Crippen molar-refractivity contribution in [3.63, 3.8) is 0 Å². The summed E-state index contributed by atoms with van der Waals surface area (Å²) in [6, 6.07) is 13.6. The molecule has 33 heavy (non-hydrogen) atoms. The molecule has 0 spiro atoms. The van der Waals surface area contributed by atoms with Crippen LogP contribution in [0.15, 0.2) is 53.4 Å². The largest absolute Gasteiger partial charge is 0.497 e. The number of piperazine rings is 1. The van der Waals surface area contributed by atoms with Gasteiger partial charge in [-0.2, -0.15) is 4.31 Å². The van der Waals surface area contributed by atoms with E-state index in [2.05, 4.69) is 10.2 Å². The summed E-state index contributed by atoms with van der Waals surface area (Å²) in [5.74, 6) is 1.44. The maximum atomic E-state index is 13.2. The highest BCUT2D eigenvalue weighted by molar-refractivity contribution is 7.89. The minimum absolute atomic E-state index is 0.114. The fourth-order valence-electron chi connectivity index (χ4n) is 3.62. The Kier molecular flexibility index (Phi) is 6.94. The van der Waals surface area contributed by atoms with Crippen molar-refractivity contribution >= 4 is 39.0 Å². The van der Waals surface area contributed by atoms with Crippen LogP contribution in [0.5, 0.6) is 11.5 Å². The minimum Gasteiger partial charge on any atom is -0.497 e. The molecule has 1 fully saturated rings. The zero-order chi connectivity index (χ0) is 23.6. The first-order valence-electron chi connectivity index (χ1n) is 10.1. The molecule has 0 atom stereocenters. The molecular formula is C22H22Cl2N4O4S. The predicted molar refractivity (Wildman–Crippen MR) is 128 cm³/mol. The summed E-state index contributed by atoms with van der Waals surface area (Å²) in [6.45, 7) is 1.58. The van der Waals surface area contributed by atoms with Crippen LogP contribution in [0.4, 0.5) is 5.82 Å². The van der Waals surface area contributed by atoms with E-state index in [1.165, 1.54) is 24.6 Å². The number of halogens is 2. The molecule has 11 heteroatoms. The summed E-state index contributed by atoms with van der Waals surface area (Å²) in [5, 5.41) is 9.65. The van der Waals surface area contributed by atoms with Crippen LogP contribution in [0.3, 0.4) is 0 Å². The maximum Gasteiger partial charge on any atom is 0.246 e. The summed E-state index contributed by atoms with van der Waals surface area (Å²) in [5.41, 5.74) is 1.37. The second-order valence-corrected chi connectivity index (χ2v) is 10.1. The lowest BCUT2D eigenvalue weighted by Crippen LogP contribution is -2.49. The third-order valence-corrected chi connectivity index (χ3v) is 7.89. The monoisotopic (exact) mass is 508 g/mol. The Morgan fingerprint density at radius 2 is 1.64 bits per heavy atom. The van der Waals surface area contributed by atoms with E-state index in [1.54, 1.807) is 30.3 Å². The van der Waals surface area contributed by atoms with E-state index >= 15 is 0 Å². The van der Waals surface area contributed by atoms with Crippen LogP contribution >= 0.6 is 23.2 Å². The van der Waals surface area contributed by atoms with E-state index in [0.717, 1.165) is 5.56 Å². The van der Waals surface area contributed by atoms with E-state index in [4.69, 9.17) is 32.7 Å². The molecule has 174 valence electrons. The third-order valence-electron chi connectivity index (χ3n) is 5.41. The molecule has 0 unspecified atom stereocenters. The smallest absolute Gasteiger partial charge is 0.246 e. The molecule has 1 saturated heterocycles. The van der Waals surface area contributed by atoms with Gasteiger partial charge in [0, 0.05) is 42.8 Å². The Morgan fingerprint density at radius 1 is 0.879 bits per heavy atom. The van der Waals surface area contributed by atoms with Gasteiger partial charge in [-0.25, -0.2) is 8.42 Å². The van der Waals surface area contributed by atoms with Crippen LogP contribution in [0.1, 0.15) is 0 Å². The lowest BCUT2D eigenvalue weighted by Gasteiger charge is -2.34. The van der Waals surface area contributed by atoms with E-state index in [0.29, 0.717) is 53.5 Å². The molecule has 0 radical (unpaired) electrons. The van der Waals surface area contributed by atoms with Crippen LogP contribution in [-0.4, -0.2) is 63.3 Å². The standard InChI is InChI=1S/C22H22Cl2N4O4S/c1-31-16-4-7-21(20(14-16)32-2)33(29,30)28-11-9-27(10-12-28)22-8-6-19(25-26-22)17-5-3-15(23)13-18(17)24/h3-8,13-14H,9-12H2,1-2H3. The lowest BCUT2D eigenvalue weighted by molar-refractivity contribution is 0.369. The average Bonchev–Trinajstić information content (AvgIpc) is 2.84. The minimum atomic E-state index is -3.72. The second kappa shape index (κ2) is 9.72. The maximum absolute atomic E-state index is 13.2. The first-order chi connectivity index (χ1) is 15.8. The van der Waals surface area contributed by atoms with Gasteiger partial charge in [0.25, 0.3) is 0 Å². The summed E-state index contributed by atoms with van der Waals surface area (Å²) < 4.78 is 38.3. The number of hydrogen-bond donors (Lipinski definition) is 0. The van der Waals surface area contributed by atoms with Gasteiger partial charge in [0.15, 0.2) is 5.82 Å². The van der Waals surface area contributed by atoms with Crippen molar-refractivity contribution in [1.82, 2.24) is 14.5 Å². The van der Waals surface area contributed by atoms with Crippen LogP contribution in [0.2, 0.25) is 10.0 Å². The number of benzene rings is 2. The molecule has 0 N–H and O–H groups in total. The Bertz CT molecular complexity index is 1250. The fraction of sp³-hybridized carbons (Fsp3) is 0.273. The summed E-state index contributed by atoms with van der Waals surface area (Å²) in [7, 11) is -0.770. The van der Waals surface area contributed by atoms with E-state index in [1.807, 2.05) is 17.0 Å². The van der Waals surface area contributed by atoms with Crippen LogP contribution in [0, 0.1) is 0 Å². The van der Waals surface area contributed by atoms with Crippen molar-refractivity contribution in [2.24, 2.45) is 0 Å². The SMILES string of the molecule is COc1ccc(S(=O)(=O)N2CCN(c3ccc(-c4ccc(Cl)cc4Cl)nn3)CC2)c(OC)c1. The number of nitrogens with zero attached hydrogens (tertiary/aromatic N) is 4. The number of ether oxygens (including phenoxy) is 2. The summed E-state index contributed by atoms with van der Waals surface area (Å²) in [4.78, 5) is 2.11. The Labute approximate surface area is 202 Å². The number of aromatic nitrogens is 2. The quantitative estimate of drug-likeness (QED) is 0.497. The highest BCUT2D eigenvalue weighted by Crippen LogP contribution is 2.32. The van der Waals surface area contributed by atoms with Gasteiger partial charge in [-0.1, -0.05) is 23.2 Å². The van der Waals surface area contributed by atoms with E-state index < -0.39 is 10.0 Å². The van der Waals surface area contributed by atoms with E-state index in [-0.39, 0.29) is 10.6 Å². The number of sulfonamides is 1. The highest BCUT2D eigenvalue weighted by atomic mass is 35.5. The molecule has 3 aromatic rings. The van der Waals surface area contributed by atoms with Gasteiger partial charge >= 0.3 is 0 Å². The van der Waals surface area contributed by atoms with Crippen LogP contribution in [0.25, 0.3) is 11.3 Å². The number of anilines is 1. The Morgan fingerprint density at radius 3 is 2.24 bits per heavy atom. The van der Waals surface area contributed by atoms with Crippen LogP contribution in [-0.2, 0) is 10.0 Å². The van der Waals surface area contributed by atoms with Crippen molar-refractivity contribution < 1.29 is 17.9 Å². The van der Waals surface area contributed by atoms with Gasteiger partial charge in [0.1, 0.15) is 16.4 Å². The molecule has 1 aromatic heterocycles. The van der Waals surface area contributed by atoms with Crippen molar-refractivity contribution in [2.75, 3.05) is 45.3 Å². The van der Waals surface area contributed by atoms with Crippen molar-refractivity contribution in [2.45, 2.75) is 4.90 Å². The number of methoxy groups -OCH3 is 2. The molecule has 2 heterocycles. The molecule has 0 bridgehead atoms. The molecule has 1 aliphatic heterocycles. The fourth-order valence-corrected chi connectivity index (χ4v) is 5.68. The molecule has 2 aromatic carbocycles. The zero-order valence-corrected chi connectivity index (χ0v) is 20.4. The zero-order valence-electron chi connectivity index (χ0n) is 18.0. The number of rotatable bonds is 6. The number of hydrogen-bond acceptors (Lipinski definition) is 7. The predicted octanol–water partition coefficient (Wildman–Crippen LogP) is 3.98. The Hall–Kier alpha value is -2.59. The van der Waals surface area contributed by atoms with Gasteiger partial charge in [-0.3, -0.25) is 0 Å². The highest BCUT2D eigenvalue weighted by Gasteiger charge is 2.31. The molecular weight excluding hydrogens is 487 g/mol. The van der Waals surface area contributed by atoms with Gasteiger partial charge in [0.2, 0.25) is 10.0 Å². The second-order valence-electron chi connectivity index (χ2n) is 7.31. The normalized spacial score (nSPS) is 14.8. The lowest BCUT2D eigenvalue weighted by atomic mass is 10.1. The summed E-state index contributed by atoms with van der Waals surface area (Å²) in [6.07, 6.45) is 0. The molecule has 8 nitrogen and oxygen atoms in total. The van der Waals surface area contributed by atoms with Gasteiger partial charge in [-0.15, -0.1) is 10.2 Å². The molecule has 0 amide bonds. The first-order valence-corrected chi connectivity index (χ1v) is 12.3. The molecule has 0 aliphatic carbocycles. The van der Waals surface area contributed by atoms with Crippen LogP contribution < -0.4 is 14.4 Å². The van der Waals surface area contributed by atoms with Crippen molar-refractivity contribution in [3.8, 4) is 22.8 Å². The van der Waals surface area contributed by atoms with Gasteiger partial charge < -0.3 is 14.4 Å². The summed E-state index contributed by atoms with van der Waals surface area (Å²) >= 11 is 12.2. The topological polar surface area (TPSA) is 84.9 Å².